The molecular weight excluding hydrogens is 236 g/mol. The van der Waals surface area contributed by atoms with E-state index in [0.717, 1.165) is 11.6 Å². The Labute approximate surface area is 104 Å². The molecule has 2 aromatic carbocycles. The second kappa shape index (κ2) is 5.04. The zero-order valence-corrected chi connectivity index (χ0v) is 9.86. The zero-order valence-electron chi connectivity index (χ0n) is 9.86. The Morgan fingerprint density at radius 2 is 1.72 bits per heavy atom. The van der Waals surface area contributed by atoms with E-state index in [9.17, 15) is 8.78 Å². The maximum atomic E-state index is 13.4. The molecule has 0 aliphatic rings. The van der Waals surface area contributed by atoms with E-state index in [0.29, 0.717) is 5.69 Å². The molecule has 4 heteroatoms. The molecule has 0 bridgehead atoms. The van der Waals surface area contributed by atoms with Crippen LogP contribution in [0.15, 0.2) is 42.5 Å². The Morgan fingerprint density at radius 3 is 2.39 bits per heavy atom. The fourth-order valence-electron chi connectivity index (χ4n) is 1.60. The summed E-state index contributed by atoms with van der Waals surface area (Å²) in [5, 5.41) is 0. The van der Waals surface area contributed by atoms with Gasteiger partial charge in [0, 0.05) is 5.69 Å². The number of hydrogen-bond donors (Lipinski definition) is 1. The Kier molecular flexibility index (Phi) is 3.46. The molecule has 0 radical (unpaired) electrons. The lowest BCUT2D eigenvalue weighted by Crippen LogP contribution is -2.05. The molecule has 0 fully saturated rings. The van der Waals surface area contributed by atoms with E-state index in [4.69, 9.17) is 10.5 Å². The van der Waals surface area contributed by atoms with Crippen molar-refractivity contribution in [3.8, 4) is 5.75 Å². The first-order chi connectivity index (χ1) is 8.58. The van der Waals surface area contributed by atoms with Crippen molar-refractivity contribution in [1.82, 2.24) is 0 Å². The smallest absolute Gasteiger partial charge is 0.200 e. The lowest BCUT2D eigenvalue weighted by atomic mass is 10.1. The van der Waals surface area contributed by atoms with Crippen molar-refractivity contribution in [2.45, 2.75) is 13.0 Å². The lowest BCUT2D eigenvalue weighted by Gasteiger charge is -2.15. The molecule has 0 saturated heterocycles. The van der Waals surface area contributed by atoms with Gasteiger partial charge in [0.25, 0.3) is 0 Å². The van der Waals surface area contributed by atoms with Gasteiger partial charge in [-0.1, -0.05) is 18.2 Å². The van der Waals surface area contributed by atoms with E-state index >= 15 is 0 Å². The standard InChI is InChI=1S/C14H13F2NO/c1-9(10-5-7-11(17)8-6-10)18-13-4-2-3-12(15)14(13)16/h2-9H,17H2,1H3. The molecule has 1 atom stereocenters. The summed E-state index contributed by atoms with van der Waals surface area (Å²) < 4.78 is 31.8. The van der Waals surface area contributed by atoms with Crippen molar-refractivity contribution in [2.24, 2.45) is 0 Å². The van der Waals surface area contributed by atoms with Crippen LogP contribution in [0.25, 0.3) is 0 Å². The number of nitrogens with two attached hydrogens (primary N) is 1. The summed E-state index contributed by atoms with van der Waals surface area (Å²) in [5.74, 6) is -1.99. The van der Waals surface area contributed by atoms with Crippen LogP contribution in [0.2, 0.25) is 0 Å². The first-order valence-electron chi connectivity index (χ1n) is 5.54. The molecule has 0 spiro atoms. The Hall–Kier alpha value is -2.10. The van der Waals surface area contributed by atoms with Crippen molar-refractivity contribution >= 4 is 5.69 Å². The molecule has 94 valence electrons. The third-order valence-corrected chi connectivity index (χ3v) is 2.63. The molecular formula is C14H13F2NO. The largest absolute Gasteiger partial charge is 0.483 e. The highest BCUT2D eigenvalue weighted by molar-refractivity contribution is 5.40. The van der Waals surface area contributed by atoms with Crippen LogP contribution in [0.5, 0.6) is 5.75 Å². The Morgan fingerprint density at radius 1 is 1.06 bits per heavy atom. The summed E-state index contributed by atoms with van der Waals surface area (Å²) in [6.07, 6.45) is -0.387. The number of ether oxygens (including phenoxy) is 1. The van der Waals surface area contributed by atoms with Gasteiger partial charge in [0.1, 0.15) is 6.10 Å². The Bertz CT molecular complexity index is 540. The van der Waals surface area contributed by atoms with Crippen LogP contribution in [0.4, 0.5) is 14.5 Å². The minimum atomic E-state index is -0.972. The van der Waals surface area contributed by atoms with Crippen LogP contribution in [0, 0.1) is 11.6 Å². The third-order valence-electron chi connectivity index (χ3n) is 2.63. The monoisotopic (exact) mass is 249 g/mol. The summed E-state index contributed by atoms with van der Waals surface area (Å²) in [4.78, 5) is 0. The Balaban J connectivity index is 2.18. The summed E-state index contributed by atoms with van der Waals surface area (Å²) in [6, 6.07) is 10.9. The SMILES string of the molecule is CC(Oc1cccc(F)c1F)c1ccc(N)cc1. The van der Waals surface area contributed by atoms with Crippen molar-refractivity contribution in [2.75, 3.05) is 5.73 Å². The second-order valence-corrected chi connectivity index (χ2v) is 3.98. The average molecular weight is 249 g/mol. The second-order valence-electron chi connectivity index (χ2n) is 3.98. The van der Waals surface area contributed by atoms with Gasteiger partial charge in [-0.15, -0.1) is 0 Å². The molecule has 0 aliphatic heterocycles. The summed E-state index contributed by atoms with van der Waals surface area (Å²) >= 11 is 0. The summed E-state index contributed by atoms with van der Waals surface area (Å²) in [6.45, 7) is 1.76. The molecule has 2 rings (SSSR count). The number of rotatable bonds is 3. The van der Waals surface area contributed by atoms with E-state index in [-0.39, 0.29) is 11.9 Å². The van der Waals surface area contributed by atoms with Gasteiger partial charge < -0.3 is 10.5 Å². The highest BCUT2D eigenvalue weighted by Crippen LogP contribution is 2.26. The van der Waals surface area contributed by atoms with E-state index < -0.39 is 11.6 Å². The van der Waals surface area contributed by atoms with Crippen LogP contribution >= 0.6 is 0 Å². The van der Waals surface area contributed by atoms with Gasteiger partial charge >= 0.3 is 0 Å². The predicted molar refractivity (Wildman–Crippen MR) is 66.3 cm³/mol. The third kappa shape index (κ3) is 2.59. The van der Waals surface area contributed by atoms with Gasteiger partial charge in [0.15, 0.2) is 11.6 Å². The van der Waals surface area contributed by atoms with Crippen LogP contribution in [-0.2, 0) is 0 Å². The van der Waals surface area contributed by atoms with Crippen LogP contribution < -0.4 is 10.5 Å². The zero-order chi connectivity index (χ0) is 13.1. The predicted octanol–water partition coefficient (Wildman–Crippen LogP) is 3.69. The molecule has 18 heavy (non-hydrogen) atoms. The first-order valence-corrected chi connectivity index (χ1v) is 5.54. The summed E-state index contributed by atoms with van der Waals surface area (Å²) in [7, 11) is 0. The molecule has 0 heterocycles. The van der Waals surface area contributed by atoms with Gasteiger partial charge in [-0.3, -0.25) is 0 Å². The number of anilines is 1. The molecule has 1 unspecified atom stereocenters. The molecule has 2 nitrogen and oxygen atoms in total. The number of halogens is 2. The van der Waals surface area contributed by atoms with Gasteiger partial charge in [-0.05, 0) is 36.8 Å². The van der Waals surface area contributed by atoms with E-state index in [1.807, 2.05) is 0 Å². The molecule has 0 saturated carbocycles. The highest BCUT2D eigenvalue weighted by Gasteiger charge is 2.13. The number of benzene rings is 2. The fraction of sp³-hybridized carbons (Fsp3) is 0.143. The van der Waals surface area contributed by atoms with Crippen molar-refractivity contribution in [1.29, 1.82) is 0 Å². The minimum absolute atomic E-state index is 0.0978. The minimum Gasteiger partial charge on any atom is -0.483 e. The molecule has 0 amide bonds. The molecule has 2 N–H and O–H groups in total. The normalized spacial score (nSPS) is 12.2. The van der Waals surface area contributed by atoms with Gasteiger partial charge in [0.05, 0.1) is 0 Å². The van der Waals surface area contributed by atoms with Gasteiger partial charge in [-0.2, -0.15) is 4.39 Å². The van der Waals surface area contributed by atoms with E-state index in [1.54, 1.807) is 31.2 Å². The quantitative estimate of drug-likeness (QED) is 0.842. The average Bonchev–Trinajstić information content (AvgIpc) is 2.36. The van der Waals surface area contributed by atoms with Gasteiger partial charge in [0.2, 0.25) is 5.82 Å². The van der Waals surface area contributed by atoms with Crippen LogP contribution in [0.3, 0.4) is 0 Å². The van der Waals surface area contributed by atoms with Crippen molar-refractivity contribution in [3.63, 3.8) is 0 Å². The maximum absolute atomic E-state index is 13.4. The number of nitrogen functional groups attached to an aromatic ring is 1. The molecule has 2 aromatic rings. The first kappa shape index (κ1) is 12.4. The van der Waals surface area contributed by atoms with Crippen molar-refractivity contribution < 1.29 is 13.5 Å². The molecule has 0 aliphatic carbocycles. The van der Waals surface area contributed by atoms with E-state index in [2.05, 4.69) is 0 Å². The van der Waals surface area contributed by atoms with E-state index in [1.165, 1.54) is 12.1 Å². The van der Waals surface area contributed by atoms with Gasteiger partial charge in [-0.25, -0.2) is 4.39 Å². The van der Waals surface area contributed by atoms with Crippen LogP contribution in [-0.4, -0.2) is 0 Å². The summed E-state index contributed by atoms with van der Waals surface area (Å²) in [5.41, 5.74) is 7.06. The van der Waals surface area contributed by atoms with Crippen LogP contribution in [0.1, 0.15) is 18.6 Å². The molecule has 0 aromatic heterocycles. The maximum Gasteiger partial charge on any atom is 0.200 e. The highest BCUT2D eigenvalue weighted by atomic mass is 19.2. The fourth-order valence-corrected chi connectivity index (χ4v) is 1.60. The number of hydrogen-bond acceptors (Lipinski definition) is 2. The topological polar surface area (TPSA) is 35.2 Å². The van der Waals surface area contributed by atoms with Crippen molar-refractivity contribution in [3.05, 3.63) is 59.7 Å². The lowest BCUT2D eigenvalue weighted by molar-refractivity contribution is 0.213.